The molecule has 90 valence electrons. The maximum atomic E-state index is 4.34. The number of aromatic nitrogens is 1. The number of nitrogens with zero attached hydrogens (tertiary/aromatic N) is 2. The SMILES string of the molecule is CCCN(c1ccnc(CNC)c1)C(C)C. The number of nitrogens with one attached hydrogen (secondary N) is 1. The van der Waals surface area contributed by atoms with E-state index in [1.165, 1.54) is 12.1 Å². The van der Waals surface area contributed by atoms with Crippen molar-refractivity contribution in [2.45, 2.75) is 39.8 Å². The Balaban J connectivity index is 2.86. The molecule has 0 saturated carbocycles. The van der Waals surface area contributed by atoms with Crippen molar-refractivity contribution in [2.75, 3.05) is 18.5 Å². The Morgan fingerprint density at radius 2 is 2.19 bits per heavy atom. The fraction of sp³-hybridized carbons (Fsp3) is 0.615. The zero-order valence-corrected chi connectivity index (χ0v) is 10.8. The molecule has 0 aliphatic carbocycles. The van der Waals surface area contributed by atoms with Crippen LogP contribution < -0.4 is 10.2 Å². The summed E-state index contributed by atoms with van der Waals surface area (Å²) in [6.45, 7) is 8.60. The molecule has 3 nitrogen and oxygen atoms in total. The molecule has 16 heavy (non-hydrogen) atoms. The zero-order chi connectivity index (χ0) is 12.0. The first-order valence-electron chi connectivity index (χ1n) is 6.05. The molecule has 1 N–H and O–H groups in total. The van der Waals surface area contributed by atoms with Gasteiger partial charge < -0.3 is 10.2 Å². The van der Waals surface area contributed by atoms with Crippen LogP contribution in [0.15, 0.2) is 18.3 Å². The lowest BCUT2D eigenvalue weighted by Crippen LogP contribution is -2.31. The van der Waals surface area contributed by atoms with E-state index in [0.717, 1.165) is 18.8 Å². The van der Waals surface area contributed by atoms with E-state index in [9.17, 15) is 0 Å². The van der Waals surface area contributed by atoms with Gasteiger partial charge in [0.15, 0.2) is 0 Å². The minimum atomic E-state index is 0.532. The minimum absolute atomic E-state index is 0.532. The third kappa shape index (κ3) is 3.49. The van der Waals surface area contributed by atoms with E-state index in [4.69, 9.17) is 0 Å². The van der Waals surface area contributed by atoms with Crippen molar-refractivity contribution in [3.8, 4) is 0 Å². The standard InChI is InChI=1S/C13H23N3/c1-5-8-16(11(2)3)13-6-7-15-12(9-13)10-14-4/h6-7,9,11,14H,5,8,10H2,1-4H3. The van der Waals surface area contributed by atoms with Crippen molar-refractivity contribution in [1.29, 1.82) is 0 Å². The first kappa shape index (κ1) is 13.0. The molecule has 0 fully saturated rings. The Labute approximate surface area is 98.9 Å². The van der Waals surface area contributed by atoms with Crippen molar-refractivity contribution in [2.24, 2.45) is 0 Å². The smallest absolute Gasteiger partial charge is 0.0562 e. The van der Waals surface area contributed by atoms with E-state index in [1.54, 1.807) is 0 Å². The van der Waals surface area contributed by atoms with E-state index < -0.39 is 0 Å². The summed E-state index contributed by atoms with van der Waals surface area (Å²) in [5, 5.41) is 3.13. The van der Waals surface area contributed by atoms with Gasteiger partial charge in [0.25, 0.3) is 0 Å². The van der Waals surface area contributed by atoms with Crippen LogP contribution in [0.5, 0.6) is 0 Å². The van der Waals surface area contributed by atoms with Crippen LogP contribution in [0.4, 0.5) is 5.69 Å². The number of hydrogen-bond acceptors (Lipinski definition) is 3. The van der Waals surface area contributed by atoms with E-state index >= 15 is 0 Å². The third-order valence-corrected chi connectivity index (χ3v) is 2.58. The van der Waals surface area contributed by atoms with Gasteiger partial charge in [-0.15, -0.1) is 0 Å². The highest BCUT2D eigenvalue weighted by Crippen LogP contribution is 2.17. The van der Waals surface area contributed by atoms with Crippen LogP contribution in [-0.4, -0.2) is 24.6 Å². The second kappa shape index (κ2) is 6.48. The summed E-state index contributed by atoms with van der Waals surface area (Å²) >= 11 is 0. The summed E-state index contributed by atoms with van der Waals surface area (Å²) in [6.07, 6.45) is 3.06. The van der Waals surface area contributed by atoms with Gasteiger partial charge >= 0.3 is 0 Å². The number of anilines is 1. The third-order valence-electron chi connectivity index (χ3n) is 2.58. The van der Waals surface area contributed by atoms with Gasteiger partial charge in [-0.2, -0.15) is 0 Å². The lowest BCUT2D eigenvalue weighted by molar-refractivity contribution is 0.669. The number of rotatable bonds is 6. The van der Waals surface area contributed by atoms with Crippen LogP contribution in [0.3, 0.4) is 0 Å². The second-order valence-corrected chi connectivity index (χ2v) is 4.32. The van der Waals surface area contributed by atoms with Crippen LogP contribution in [0.1, 0.15) is 32.9 Å². The van der Waals surface area contributed by atoms with Crippen LogP contribution in [0.2, 0.25) is 0 Å². The monoisotopic (exact) mass is 221 g/mol. The molecule has 0 unspecified atom stereocenters. The van der Waals surface area contributed by atoms with E-state index in [0.29, 0.717) is 6.04 Å². The minimum Gasteiger partial charge on any atom is -0.369 e. The Morgan fingerprint density at radius 3 is 2.75 bits per heavy atom. The fourth-order valence-corrected chi connectivity index (χ4v) is 1.85. The van der Waals surface area contributed by atoms with Crippen molar-refractivity contribution in [3.63, 3.8) is 0 Å². The molecular formula is C13H23N3. The van der Waals surface area contributed by atoms with Crippen molar-refractivity contribution in [3.05, 3.63) is 24.0 Å². The molecule has 0 atom stereocenters. The summed E-state index contributed by atoms with van der Waals surface area (Å²) in [5.74, 6) is 0. The number of hydrogen-bond donors (Lipinski definition) is 1. The fourth-order valence-electron chi connectivity index (χ4n) is 1.85. The highest BCUT2D eigenvalue weighted by atomic mass is 15.1. The topological polar surface area (TPSA) is 28.2 Å². The molecule has 3 heteroatoms. The summed E-state index contributed by atoms with van der Waals surface area (Å²) in [5.41, 5.74) is 2.37. The highest BCUT2D eigenvalue weighted by Gasteiger charge is 2.09. The summed E-state index contributed by atoms with van der Waals surface area (Å²) in [4.78, 5) is 6.76. The van der Waals surface area contributed by atoms with Crippen LogP contribution >= 0.6 is 0 Å². The van der Waals surface area contributed by atoms with E-state index in [-0.39, 0.29) is 0 Å². The molecular weight excluding hydrogens is 198 g/mol. The summed E-state index contributed by atoms with van der Waals surface area (Å²) in [6, 6.07) is 4.80. The average Bonchev–Trinajstić information content (AvgIpc) is 2.26. The van der Waals surface area contributed by atoms with Crippen molar-refractivity contribution < 1.29 is 0 Å². The van der Waals surface area contributed by atoms with Gasteiger partial charge in [-0.25, -0.2) is 0 Å². The maximum absolute atomic E-state index is 4.34. The molecule has 0 aliphatic heterocycles. The zero-order valence-electron chi connectivity index (χ0n) is 10.8. The molecule has 1 heterocycles. The first-order chi connectivity index (χ1) is 7.69. The van der Waals surface area contributed by atoms with Gasteiger partial charge in [0, 0.05) is 31.0 Å². The second-order valence-electron chi connectivity index (χ2n) is 4.32. The molecule has 0 bridgehead atoms. The molecule has 1 rings (SSSR count). The Hall–Kier alpha value is -1.09. The molecule has 0 radical (unpaired) electrons. The molecule has 0 spiro atoms. The summed E-state index contributed by atoms with van der Waals surface area (Å²) in [7, 11) is 1.95. The molecule has 0 aliphatic rings. The average molecular weight is 221 g/mol. The highest BCUT2D eigenvalue weighted by molar-refractivity contribution is 5.47. The lowest BCUT2D eigenvalue weighted by atomic mass is 10.2. The Morgan fingerprint density at radius 1 is 1.44 bits per heavy atom. The molecule has 1 aromatic heterocycles. The molecule has 0 saturated heterocycles. The largest absolute Gasteiger partial charge is 0.369 e. The Kier molecular flexibility index (Phi) is 5.26. The van der Waals surface area contributed by atoms with Gasteiger partial charge in [0.05, 0.1) is 5.69 Å². The maximum Gasteiger partial charge on any atom is 0.0562 e. The van der Waals surface area contributed by atoms with Gasteiger partial charge in [-0.3, -0.25) is 4.98 Å². The van der Waals surface area contributed by atoms with Gasteiger partial charge in [-0.1, -0.05) is 6.92 Å². The number of pyridine rings is 1. The Bertz CT molecular complexity index is 310. The van der Waals surface area contributed by atoms with Gasteiger partial charge in [0.1, 0.15) is 0 Å². The van der Waals surface area contributed by atoms with Gasteiger partial charge in [-0.05, 0) is 39.4 Å². The van der Waals surface area contributed by atoms with E-state index in [1.807, 2.05) is 13.2 Å². The predicted octanol–water partition coefficient (Wildman–Crippen LogP) is 2.43. The normalized spacial score (nSPS) is 10.8. The van der Waals surface area contributed by atoms with Crippen molar-refractivity contribution >= 4 is 5.69 Å². The molecule has 0 aromatic carbocycles. The van der Waals surface area contributed by atoms with E-state index in [2.05, 4.69) is 48.1 Å². The quantitative estimate of drug-likeness (QED) is 0.799. The molecule has 1 aromatic rings. The van der Waals surface area contributed by atoms with Crippen LogP contribution in [0.25, 0.3) is 0 Å². The van der Waals surface area contributed by atoms with Gasteiger partial charge in [0.2, 0.25) is 0 Å². The predicted molar refractivity (Wildman–Crippen MR) is 69.8 cm³/mol. The van der Waals surface area contributed by atoms with Crippen LogP contribution in [0, 0.1) is 0 Å². The van der Waals surface area contributed by atoms with Crippen molar-refractivity contribution in [1.82, 2.24) is 10.3 Å². The summed E-state index contributed by atoms with van der Waals surface area (Å²) < 4.78 is 0. The van der Waals surface area contributed by atoms with Crippen LogP contribution in [-0.2, 0) is 6.54 Å². The molecule has 0 amide bonds. The first-order valence-corrected chi connectivity index (χ1v) is 6.05. The lowest BCUT2D eigenvalue weighted by Gasteiger charge is -2.28.